The van der Waals surface area contributed by atoms with E-state index in [2.05, 4.69) is 10.4 Å². The van der Waals surface area contributed by atoms with Crippen molar-refractivity contribution in [1.29, 1.82) is 0 Å². The maximum atomic E-state index is 13.2. The fourth-order valence-electron chi connectivity index (χ4n) is 2.97. The first-order valence-electron chi connectivity index (χ1n) is 9.41. The van der Waals surface area contributed by atoms with Crippen molar-refractivity contribution in [2.75, 3.05) is 18.2 Å². The van der Waals surface area contributed by atoms with Crippen LogP contribution in [0.3, 0.4) is 0 Å². The molecule has 1 aliphatic rings. The summed E-state index contributed by atoms with van der Waals surface area (Å²) in [4.78, 5) is 24.2. The topological polar surface area (TPSA) is 117 Å². The summed E-state index contributed by atoms with van der Waals surface area (Å²) in [6.07, 6.45) is -0.925. The first-order chi connectivity index (χ1) is 14.3. The highest BCUT2D eigenvalue weighted by Crippen LogP contribution is 2.24. The standard InChI is InChI=1S/C21H23FN4O4/c1-13-3-2-4-17(9-13)30-12-16(27)11-24-21(29)18-10-19(20(23)28)26(25-18)15-7-5-14(22)6-8-15/h2-9,16,19,27H,10-12H2,1H3,(H2,23,28)(H,24,29). The number of amides is 2. The van der Waals surface area contributed by atoms with Crippen LogP contribution in [0.5, 0.6) is 5.75 Å². The number of nitrogens with two attached hydrogens (primary N) is 1. The van der Waals surface area contributed by atoms with E-state index in [1.807, 2.05) is 25.1 Å². The number of hydrogen-bond donors (Lipinski definition) is 3. The van der Waals surface area contributed by atoms with Crippen molar-refractivity contribution in [3.8, 4) is 5.75 Å². The predicted octanol–water partition coefficient (Wildman–Crippen LogP) is 1.11. The van der Waals surface area contributed by atoms with Crippen LogP contribution in [0.2, 0.25) is 0 Å². The number of carbonyl (C=O) groups is 2. The summed E-state index contributed by atoms with van der Waals surface area (Å²) in [5.41, 5.74) is 6.99. The minimum atomic E-state index is -0.934. The van der Waals surface area contributed by atoms with E-state index in [1.54, 1.807) is 6.07 Å². The van der Waals surface area contributed by atoms with Crippen molar-refractivity contribution in [3.63, 3.8) is 0 Å². The SMILES string of the molecule is Cc1cccc(OCC(O)CNC(=O)C2=NN(c3ccc(F)cc3)C(C(N)=O)C2)c1. The highest BCUT2D eigenvalue weighted by atomic mass is 19.1. The Labute approximate surface area is 173 Å². The van der Waals surface area contributed by atoms with Crippen LogP contribution in [0.15, 0.2) is 53.6 Å². The molecule has 2 atom stereocenters. The van der Waals surface area contributed by atoms with Crippen LogP contribution in [0.4, 0.5) is 10.1 Å². The summed E-state index contributed by atoms with van der Waals surface area (Å²) in [5.74, 6) is -0.991. The van der Waals surface area contributed by atoms with Gasteiger partial charge in [-0.25, -0.2) is 4.39 Å². The van der Waals surface area contributed by atoms with Gasteiger partial charge in [-0.2, -0.15) is 5.10 Å². The molecular formula is C21H23FN4O4. The monoisotopic (exact) mass is 414 g/mol. The third-order valence-electron chi connectivity index (χ3n) is 4.52. The van der Waals surface area contributed by atoms with Crippen LogP contribution < -0.4 is 20.8 Å². The highest BCUT2D eigenvalue weighted by molar-refractivity contribution is 6.40. The number of carbonyl (C=O) groups excluding carboxylic acids is 2. The van der Waals surface area contributed by atoms with Gasteiger partial charge >= 0.3 is 0 Å². The lowest BCUT2D eigenvalue weighted by atomic mass is 10.1. The number of hydrogen-bond acceptors (Lipinski definition) is 6. The van der Waals surface area contributed by atoms with Gasteiger partial charge in [-0.3, -0.25) is 14.6 Å². The molecule has 0 saturated carbocycles. The fourth-order valence-corrected chi connectivity index (χ4v) is 2.97. The number of anilines is 1. The number of aryl methyl sites for hydroxylation is 1. The second-order valence-electron chi connectivity index (χ2n) is 6.98. The summed E-state index contributed by atoms with van der Waals surface area (Å²) in [7, 11) is 0. The number of rotatable bonds is 8. The maximum Gasteiger partial charge on any atom is 0.267 e. The molecule has 4 N–H and O–H groups in total. The van der Waals surface area contributed by atoms with Crippen molar-refractivity contribution < 1.29 is 23.8 Å². The molecule has 0 aliphatic carbocycles. The van der Waals surface area contributed by atoms with E-state index in [4.69, 9.17) is 10.5 Å². The number of nitrogens with zero attached hydrogens (tertiary/aromatic N) is 2. The third kappa shape index (κ3) is 5.32. The molecule has 0 bridgehead atoms. The molecule has 0 saturated heterocycles. The minimum absolute atomic E-state index is 0.00181. The second-order valence-corrected chi connectivity index (χ2v) is 6.98. The van der Waals surface area contributed by atoms with Gasteiger partial charge in [0.2, 0.25) is 5.91 Å². The van der Waals surface area contributed by atoms with E-state index >= 15 is 0 Å². The molecular weight excluding hydrogens is 391 g/mol. The van der Waals surface area contributed by atoms with Crippen molar-refractivity contribution in [1.82, 2.24) is 5.32 Å². The highest BCUT2D eigenvalue weighted by Gasteiger charge is 2.35. The Morgan fingerprint density at radius 1 is 1.33 bits per heavy atom. The summed E-state index contributed by atoms with van der Waals surface area (Å²) in [6, 6.07) is 11.9. The molecule has 9 heteroatoms. The Kier molecular flexibility index (Phi) is 6.63. The number of aliphatic hydroxyl groups excluding tert-OH is 1. The molecule has 2 aromatic rings. The Balaban J connectivity index is 1.56. The van der Waals surface area contributed by atoms with E-state index in [0.29, 0.717) is 11.4 Å². The number of aliphatic hydroxyl groups is 1. The van der Waals surface area contributed by atoms with Crippen LogP contribution in [0.1, 0.15) is 12.0 Å². The van der Waals surface area contributed by atoms with Gasteiger partial charge in [0.05, 0.1) is 5.69 Å². The van der Waals surface area contributed by atoms with Gasteiger partial charge in [-0.15, -0.1) is 0 Å². The van der Waals surface area contributed by atoms with Gasteiger partial charge in [0.1, 0.15) is 36.0 Å². The average Bonchev–Trinajstić information content (AvgIpc) is 3.17. The van der Waals surface area contributed by atoms with Gasteiger partial charge in [-0.1, -0.05) is 12.1 Å². The third-order valence-corrected chi connectivity index (χ3v) is 4.52. The number of primary amides is 1. The Morgan fingerprint density at radius 2 is 2.07 bits per heavy atom. The predicted molar refractivity (Wildman–Crippen MR) is 110 cm³/mol. The fraction of sp³-hybridized carbons (Fsp3) is 0.286. The Hall–Kier alpha value is -3.46. The van der Waals surface area contributed by atoms with Gasteiger partial charge in [0.15, 0.2) is 0 Å². The van der Waals surface area contributed by atoms with Crippen LogP contribution in [0, 0.1) is 12.7 Å². The summed E-state index contributed by atoms with van der Waals surface area (Å²) in [6.45, 7) is 1.88. The van der Waals surface area contributed by atoms with E-state index < -0.39 is 29.8 Å². The number of nitrogens with one attached hydrogen (secondary N) is 1. The average molecular weight is 414 g/mol. The normalized spacial score (nSPS) is 16.7. The molecule has 0 radical (unpaired) electrons. The first-order valence-corrected chi connectivity index (χ1v) is 9.41. The van der Waals surface area contributed by atoms with E-state index in [1.165, 1.54) is 29.3 Å². The number of benzene rings is 2. The maximum absolute atomic E-state index is 13.2. The number of halogens is 1. The molecule has 2 aromatic carbocycles. The van der Waals surface area contributed by atoms with Crippen LogP contribution in [-0.2, 0) is 9.59 Å². The quantitative estimate of drug-likeness (QED) is 0.598. The Bertz CT molecular complexity index is 948. The zero-order valence-corrected chi connectivity index (χ0v) is 16.4. The lowest BCUT2D eigenvalue weighted by Crippen LogP contribution is -2.41. The molecule has 3 rings (SSSR count). The van der Waals surface area contributed by atoms with Crippen molar-refractivity contribution in [2.45, 2.75) is 25.5 Å². The summed E-state index contributed by atoms with van der Waals surface area (Å²) >= 11 is 0. The number of hydrazone groups is 1. The number of ether oxygens (including phenoxy) is 1. The van der Waals surface area contributed by atoms with Crippen molar-refractivity contribution in [3.05, 3.63) is 59.9 Å². The van der Waals surface area contributed by atoms with Gasteiger partial charge in [-0.05, 0) is 48.9 Å². The zero-order valence-electron chi connectivity index (χ0n) is 16.4. The molecule has 1 heterocycles. The van der Waals surface area contributed by atoms with Crippen molar-refractivity contribution in [2.24, 2.45) is 10.8 Å². The Morgan fingerprint density at radius 3 is 2.73 bits per heavy atom. The summed E-state index contributed by atoms with van der Waals surface area (Å²) in [5, 5.41) is 18.1. The van der Waals surface area contributed by atoms with Crippen LogP contribution in [0.25, 0.3) is 0 Å². The lowest BCUT2D eigenvalue weighted by Gasteiger charge is -2.20. The lowest BCUT2D eigenvalue weighted by molar-refractivity contribution is -0.119. The molecule has 2 unspecified atom stereocenters. The zero-order chi connectivity index (χ0) is 21.7. The molecule has 2 amide bonds. The molecule has 8 nitrogen and oxygen atoms in total. The van der Waals surface area contributed by atoms with Gasteiger partial charge < -0.3 is 20.9 Å². The van der Waals surface area contributed by atoms with Crippen LogP contribution >= 0.6 is 0 Å². The van der Waals surface area contributed by atoms with E-state index in [-0.39, 0.29) is 25.3 Å². The minimum Gasteiger partial charge on any atom is -0.491 e. The van der Waals surface area contributed by atoms with Crippen LogP contribution in [-0.4, -0.2) is 47.9 Å². The molecule has 0 aromatic heterocycles. The van der Waals surface area contributed by atoms with E-state index in [0.717, 1.165) is 5.56 Å². The largest absolute Gasteiger partial charge is 0.491 e. The molecule has 0 spiro atoms. The van der Waals surface area contributed by atoms with E-state index in [9.17, 15) is 19.1 Å². The van der Waals surface area contributed by atoms with Gasteiger partial charge in [0.25, 0.3) is 5.91 Å². The summed E-state index contributed by atoms with van der Waals surface area (Å²) < 4.78 is 18.7. The van der Waals surface area contributed by atoms with Gasteiger partial charge in [0, 0.05) is 13.0 Å². The smallest absolute Gasteiger partial charge is 0.267 e. The van der Waals surface area contributed by atoms with Crippen molar-refractivity contribution >= 4 is 23.2 Å². The first kappa shape index (κ1) is 21.3. The molecule has 0 fully saturated rings. The molecule has 158 valence electrons. The molecule has 1 aliphatic heterocycles. The molecule has 30 heavy (non-hydrogen) atoms. The second kappa shape index (κ2) is 9.36.